The molecule has 2 saturated heterocycles. The fraction of sp³-hybridized carbons (Fsp3) is 0.464. The molecule has 2 fully saturated rings. The van der Waals surface area contributed by atoms with E-state index in [1.54, 1.807) is 19.0 Å². The van der Waals surface area contributed by atoms with Gasteiger partial charge in [-0.2, -0.15) is 5.26 Å². The summed E-state index contributed by atoms with van der Waals surface area (Å²) in [5, 5.41) is 12.9. The lowest BCUT2D eigenvalue weighted by Crippen LogP contribution is -2.53. The number of ether oxygens (including phenoxy) is 2. The van der Waals surface area contributed by atoms with Crippen molar-refractivity contribution in [3.05, 3.63) is 53.1 Å². The SMILES string of the molecule is CN=C1N[C@]2(C[C@H](C3CCOC(C)(C)C3)Oc3ccc(-c4cc(C#N)ccc4C)cc32)C(=O)N1C. The van der Waals surface area contributed by atoms with Gasteiger partial charge >= 0.3 is 0 Å². The van der Waals surface area contributed by atoms with Gasteiger partial charge in [0.1, 0.15) is 11.9 Å². The molecule has 7 heteroatoms. The number of aryl methyl sites for hydroxylation is 1. The molecule has 3 aliphatic rings. The topological polar surface area (TPSA) is 87.0 Å². The summed E-state index contributed by atoms with van der Waals surface area (Å²) in [4.78, 5) is 19.8. The minimum absolute atomic E-state index is 0.0291. The molecule has 182 valence electrons. The largest absolute Gasteiger partial charge is 0.490 e. The number of hydrogen-bond acceptors (Lipinski definition) is 5. The maximum atomic E-state index is 13.8. The van der Waals surface area contributed by atoms with Crippen LogP contribution in [0.25, 0.3) is 11.1 Å². The van der Waals surface area contributed by atoms with Crippen molar-refractivity contribution in [1.82, 2.24) is 10.2 Å². The predicted octanol–water partition coefficient (Wildman–Crippen LogP) is 4.13. The summed E-state index contributed by atoms with van der Waals surface area (Å²) in [6, 6.07) is 13.9. The fourth-order valence-corrected chi connectivity index (χ4v) is 5.85. The second-order valence-corrected chi connectivity index (χ2v) is 10.5. The number of hydrogen-bond donors (Lipinski definition) is 1. The summed E-state index contributed by atoms with van der Waals surface area (Å²) in [7, 11) is 3.45. The minimum Gasteiger partial charge on any atom is -0.490 e. The summed E-state index contributed by atoms with van der Waals surface area (Å²) in [5.74, 6) is 1.52. The van der Waals surface area contributed by atoms with Crippen LogP contribution in [0.2, 0.25) is 0 Å². The Bertz CT molecular complexity index is 1260. The lowest BCUT2D eigenvalue weighted by Gasteiger charge is -2.44. The third-order valence-electron chi connectivity index (χ3n) is 7.69. The quantitative estimate of drug-likeness (QED) is 0.710. The lowest BCUT2D eigenvalue weighted by atomic mass is 9.74. The van der Waals surface area contributed by atoms with Crippen LogP contribution in [0.4, 0.5) is 0 Å². The van der Waals surface area contributed by atoms with E-state index in [0.717, 1.165) is 40.8 Å². The first-order valence-corrected chi connectivity index (χ1v) is 12.2. The molecule has 2 aromatic rings. The van der Waals surface area contributed by atoms with Gasteiger partial charge in [0.05, 0.1) is 17.2 Å². The number of nitriles is 1. The van der Waals surface area contributed by atoms with Crippen molar-refractivity contribution >= 4 is 11.9 Å². The van der Waals surface area contributed by atoms with Crippen molar-refractivity contribution in [2.24, 2.45) is 10.9 Å². The fourth-order valence-electron chi connectivity index (χ4n) is 5.85. The highest BCUT2D eigenvalue weighted by molar-refractivity contribution is 6.09. The standard InChI is InChI=1S/C28H32N4O3/c1-17-6-7-18(16-29)12-21(17)19-8-9-23-22(13-19)28(25(33)32(5)26(30-4)31-28)15-24(35-23)20-10-11-34-27(2,3)14-20/h6-9,12-13,20,24H,10-11,14-15H2,1-5H3,(H,30,31)/t20?,24-,28+/m1/s1. The first-order valence-electron chi connectivity index (χ1n) is 12.2. The summed E-state index contributed by atoms with van der Waals surface area (Å²) in [6.07, 6.45) is 2.17. The maximum Gasteiger partial charge on any atom is 0.259 e. The number of guanidine groups is 1. The van der Waals surface area contributed by atoms with Crippen LogP contribution >= 0.6 is 0 Å². The number of amides is 1. The van der Waals surface area contributed by atoms with Crippen molar-refractivity contribution in [1.29, 1.82) is 5.26 Å². The Hall–Kier alpha value is -3.37. The van der Waals surface area contributed by atoms with Gasteiger partial charge in [0, 0.05) is 38.6 Å². The molecule has 1 unspecified atom stereocenters. The number of fused-ring (bicyclic) bond motifs is 2. The number of aliphatic imine (C=N–C) groups is 1. The Labute approximate surface area is 206 Å². The van der Waals surface area contributed by atoms with Gasteiger partial charge in [-0.1, -0.05) is 12.1 Å². The third kappa shape index (κ3) is 3.86. The van der Waals surface area contributed by atoms with Crippen molar-refractivity contribution in [2.75, 3.05) is 20.7 Å². The van der Waals surface area contributed by atoms with E-state index in [-0.39, 0.29) is 23.5 Å². The van der Waals surface area contributed by atoms with E-state index < -0.39 is 5.54 Å². The molecule has 0 aliphatic carbocycles. The highest BCUT2D eigenvalue weighted by Crippen LogP contribution is 2.48. The van der Waals surface area contributed by atoms with Crippen LogP contribution in [0.15, 0.2) is 41.4 Å². The van der Waals surface area contributed by atoms with E-state index in [1.807, 2.05) is 43.3 Å². The summed E-state index contributed by atoms with van der Waals surface area (Å²) < 4.78 is 12.6. The van der Waals surface area contributed by atoms with Crippen LogP contribution in [0, 0.1) is 24.2 Å². The van der Waals surface area contributed by atoms with E-state index in [9.17, 15) is 10.1 Å². The average Bonchev–Trinajstić information content (AvgIpc) is 3.08. The highest BCUT2D eigenvalue weighted by Gasteiger charge is 2.56. The van der Waals surface area contributed by atoms with Crippen LogP contribution < -0.4 is 10.1 Å². The van der Waals surface area contributed by atoms with Gasteiger partial charge in [-0.3, -0.25) is 14.7 Å². The van der Waals surface area contributed by atoms with E-state index in [1.165, 1.54) is 0 Å². The zero-order chi connectivity index (χ0) is 25.0. The molecule has 35 heavy (non-hydrogen) atoms. The van der Waals surface area contributed by atoms with E-state index >= 15 is 0 Å². The van der Waals surface area contributed by atoms with Gasteiger partial charge in [0.2, 0.25) is 5.96 Å². The molecule has 0 saturated carbocycles. The Morgan fingerprint density at radius 2 is 2.00 bits per heavy atom. The Balaban J connectivity index is 1.63. The lowest BCUT2D eigenvalue weighted by molar-refractivity contribution is -0.134. The van der Waals surface area contributed by atoms with Gasteiger partial charge in [-0.25, -0.2) is 0 Å². The van der Waals surface area contributed by atoms with Crippen LogP contribution in [0.1, 0.15) is 49.8 Å². The molecule has 7 nitrogen and oxygen atoms in total. The minimum atomic E-state index is -0.957. The first-order chi connectivity index (χ1) is 16.7. The zero-order valence-electron chi connectivity index (χ0n) is 21.0. The summed E-state index contributed by atoms with van der Waals surface area (Å²) >= 11 is 0. The van der Waals surface area contributed by atoms with Gasteiger partial charge < -0.3 is 14.8 Å². The normalized spacial score (nSPS) is 28.4. The third-order valence-corrected chi connectivity index (χ3v) is 7.69. The number of carbonyl (C=O) groups is 1. The molecule has 2 aromatic carbocycles. The molecule has 5 rings (SSSR count). The highest BCUT2D eigenvalue weighted by atomic mass is 16.5. The molecule has 3 aliphatic heterocycles. The van der Waals surface area contributed by atoms with E-state index in [2.05, 4.69) is 30.2 Å². The van der Waals surface area contributed by atoms with Gasteiger partial charge in [-0.15, -0.1) is 0 Å². The molecule has 0 bridgehead atoms. The van der Waals surface area contributed by atoms with Crippen LogP contribution in [0.3, 0.4) is 0 Å². The average molecular weight is 473 g/mol. The Morgan fingerprint density at radius 1 is 1.20 bits per heavy atom. The second kappa shape index (κ2) is 8.39. The smallest absolute Gasteiger partial charge is 0.259 e. The van der Waals surface area contributed by atoms with Crippen molar-refractivity contribution in [3.8, 4) is 22.9 Å². The van der Waals surface area contributed by atoms with Crippen molar-refractivity contribution in [2.45, 2.75) is 57.3 Å². The van der Waals surface area contributed by atoms with Gasteiger partial charge in [-0.05, 0) is 74.6 Å². The molecule has 1 amide bonds. The molecule has 0 aromatic heterocycles. The molecular weight excluding hydrogens is 440 g/mol. The Morgan fingerprint density at radius 3 is 2.69 bits per heavy atom. The summed E-state index contributed by atoms with van der Waals surface area (Å²) in [6.45, 7) is 6.95. The van der Waals surface area contributed by atoms with Gasteiger partial charge in [0.15, 0.2) is 5.54 Å². The number of nitrogens with zero attached hydrogens (tertiary/aromatic N) is 3. The zero-order valence-corrected chi connectivity index (χ0v) is 21.0. The van der Waals surface area contributed by atoms with Crippen LogP contribution in [0.5, 0.6) is 5.75 Å². The molecule has 3 heterocycles. The number of carbonyl (C=O) groups excluding carboxylic acids is 1. The summed E-state index contributed by atoms with van der Waals surface area (Å²) in [5.41, 5.74) is 3.23. The van der Waals surface area contributed by atoms with E-state index in [0.29, 0.717) is 24.6 Å². The monoisotopic (exact) mass is 472 g/mol. The predicted molar refractivity (Wildman–Crippen MR) is 134 cm³/mol. The molecule has 1 N–H and O–H groups in total. The number of nitrogens with one attached hydrogen (secondary N) is 1. The van der Waals surface area contributed by atoms with Crippen LogP contribution in [-0.2, 0) is 15.1 Å². The van der Waals surface area contributed by atoms with Crippen molar-refractivity contribution < 1.29 is 14.3 Å². The van der Waals surface area contributed by atoms with E-state index in [4.69, 9.17) is 9.47 Å². The number of rotatable bonds is 2. The number of likely N-dealkylation sites (N-methyl/N-ethyl adjacent to an activating group) is 1. The molecule has 1 spiro atoms. The first kappa shape index (κ1) is 23.4. The Kier molecular flexibility index (Phi) is 5.60. The van der Waals surface area contributed by atoms with Crippen LogP contribution in [-0.4, -0.2) is 49.2 Å². The van der Waals surface area contributed by atoms with Gasteiger partial charge in [0.25, 0.3) is 5.91 Å². The second-order valence-electron chi connectivity index (χ2n) is 10.5. The molecular formula is C28H32N4O3. The maximum absolute atomic E-state index is 13.8. The number of benzene rings is 2. The van der Waals surface area contributed by atoms with Crippen molar-refractivity contribution in [3.63, 3.8) is 0 Å². The molecule has 0 radical (unpaired) electrons. The molecule has 3 atom stereocenters.